The smallest absolute Gasteiger partial charge is 0.289 e. The topological polar surface area (TPSA) is 124 Å². The first-order valence-corrected chi connectivity index (χ1v) is 12.6. The molecular weight excluding hydrogens is 460 g/mol. The lowest BCUT2D eigenvalue weighted by Gasteiger charge is -2.15. The second-order valence-electron chi connectivity index (χ2n) is 8.58. The number of methoxy groups -OCH3 is 1. The van der Waals surface area contributed by atoms with E-state index in [2.05, 4.69) is 25.8 Å². The SMILES string of the molecule is CCC(CC)NC(=O)c1cnc(-c2cccc(-c3nnc(C(=O)NC(CC)CC)n3CCOC)c2)o1. The van der Waals surface area contributed by atoms with E-state index in [0.29, 0.717) is 30.4 Å². The van der Waals surface area contributed by atoms with Crippen LogP contribution in [-0.4, -0.2) is 57.4 Å². The van der Waals surface area contributed by atoms with Crippen LogP contribution < -0.4 is 10.6 Å². The maximum atomic E-state index is 12.9. The zero-order valence-electron chi connectivity index (χ0n) is 21.7. The van der Waals surface area contributed by atoms with Crippen LogP contribution in [0.5, 0.6) is 0 Å². The largest absolute Gasteiger partial charge is 0.431 e. The number of rotatable bonds is 13. The van der Waals surface area contributed by atoms with Crippen molar-refractivity contribution in [3.63, 3.8) is 0 Å². The van der Waals surface area contributed by atoms with E-state index < -0.39 is 0 Å². The van der Waals surface area contributed by atoms with Crippen LogP contribution in [0.1, 0.15) is 74.6 Å². The summed E-state index contributed by atoms with van der Waals surface area (Å²) in [5.41, 5.74) is 1.41. The Morgan fingerprint density at radius 1 is 0.972 bits per heavy atom. The number of carbonyl (C=O) groups is 2. The molecule has 2 heterocycles. The Labute approximate surface area is 211 Å². The summed E-state index contributed by atoms with van der Waals surface area (Å²) < 4.78 is 12.8. The minimum atomic E-state index is -0.286. The van der Waals surface area contributed by atoms with Gasteiger partial charge in [0.2, 0.25) is 17.5 Å². The molecule has 2 aromatic heterocycles. The number of benzene rings is 1. The van der Waals surface area contributed by atoms with Gasteiger partial charge in [0.25, 0.3) is 11.8 Å². The lowest BCUT2D eigenvalue weighted by molar-refractivity contribution is 0.0903. The van der Waals surface area contributed by atoms with Crippen molar-refractivity contribution >= 4 is 11.8 Å². The number of hydrogen-bond acceptors (Lipinski definition) is 7. The molecule has 194 valence electrons. The Kier molecular flexibility index (Phi) is 9.75. The molecule has 0 bridgehead atoms. The van der Waals surface area contributed by atoms with Crippen LogP contribution in [0, 0.1) is 0 Å². The lowest BCUT2D eigenvalue weighted by atomic mass is 10.1. The molecule has 0 atom stereocenters. The average Bonchev–Trinajstić information content (AvgIpc) is 3.57. The van der Waals surface area contributed by atoms with Crippen molar-refractivity contribution < 1.29 is 18.7 Å². The van der Waals surface area contributed by atoms with Gasteiger partial charge >= 0.3 is 0 Å². The van der Waals surface area contributed by atoms with Gasteiger partial charge in [0.05, 0.1) is 12.8 Å². The van der Waals surface area contributed by atoms with Gasteiger partial charge in [-0.3, -0.25) is 9.59 Å². The second-order valence-corrected chi connectivity index (χ2v) is 8.58. The highest BCUT2D eigenvalue weighted by Crippen LogP contribution is 2.26. The van der Waals surface area contributed by atoms with Gasteiger partial charge in [-0.15, -0.1) is 10.2 Å². The normalized spacial score (nSPS) is 11.3. The van der Waals surface area contributed by atoms with Crippen molar-refractivity contribution in [1.29, 1.82) is 0 Å². The van der Waals surface area contributed by atoms with E-state index in [9.17, 15) is 9.59 Å². The molecule has 0 aliphatic rings. The zero-order valence-corrected chi connectivity index (χ0v) is 21.7. The molecule has 0 radical (unpaired) electrons. The molecule has 36 heavy (non-hydrogen) atoms. The Bertz CT molecular complexity index is 1150. The van der Waals surface area contributed by atoms with Crippen molar-refractivity contribution in [2.24, 2.45) is 0 Å². The van der Waals surface area contributed by atoms with E-state index in [1.165, 1.54) is 6.20 Å². The van der Waals surface area contributed by atoms with Gasteiger partial charge in [0, 0.05) is 36.9 Å². The first kappa shape index (κ1) is 27.1. The molecule has 10 heteroatoms. The highest BCUT2D eigenvalue weighted by atomic mass is 16.5. The van der Waals surface area contributed by atoms with E-state index in [1.807, 2.05) is 52.0 Å². The molecule has 0 saturated carbocycles. The summed E-state index contributed by atoms with van der Waals surface area (Å²) in [6.45, 7) is 8.92. The molecule has 2 N–H and O–H groups in total. The number of aromatic nitrogens is 4. The molecular formula is C26H36N6O4. The van der Waals surface area contributed by atoms with Crippen molar-refractivity contribution in [2.75, 3.05) is 13.7 Å². The van der Waals surface area contributed by atoms with Gasteiger partial charge in [-0.25, -0.2) is 4.98 Å². The number of carbonyl (C=O) groups excluding carboxylic acids is 2. The number of ether oxygens (including phenoxy) is 1. The first-order chi connectivity index (χ1) is 17.4. The van der Waals surface area contributed by atoms with Crippen molar-refractivity contribution in [1.82, 2.24) is 30.4 Å². The number of amides is 2. The standard InChI is InChI=1S/C26H36N6O4/c1-6-19(7-2)28-24(33)21-16-27-26(36-21)18-12-10-11-17(15-18)22-30-31-23(32(22)13-14-35-5)25(34)29-20(8-3)9-4/h10-12,15-16,19-20H,6-9,13-14H2,1-5H3,(H,28,33)(H,29,34). The molecule has 10 nitrogen and oxygen atoms in total. The highest BCUT2D eigenvalue weighted by Gasteiger charge is 2.22. The molecule has 0 saturated heterocycles. The Balaban J connectivity index is 1.89. The van der Waals surface area contributed by atoms with Crippen molar-refractivity contribution in [3.8, 4) is 22.8 Å². The van der Waals surface area contributed by atoms with Crippen LogP contribution >= 0.6 is 0 Å². The molecule has 2 amide bonds. The summed E-state index contributed by atoms with van der Waals surface area (Å²) in [5, 5.41) is 14.5. The molecule has 3 rings (SSSR count). The number of nitrogens with one attached hydrogen (secondary N) is 2. The van der Waals surface area contributed by atoms with E-state index >= 15 is 0 Å². The third-order valence-corrected chi connectivity index (χ3v) is 6.21. The fraction of sp³-hybridized carbons (Fsp3) is 0.500. The van der Waals surface area contributed by atoms with E-state index in [-0.39, 0.29) is 35.5 Å². The fourth-order valence-corrected chi connectivity index (χ4v) is 3.87. The fourth-order valence-electron chi connectivity index (χ4n) is 3.87. The van der Waals surface area contributed by atoms with Crippen molar-refractivity contribution in [3.05, 3.63) is 42.0 Å². The summed E-state index contributed by atoms with van der Waals surface area (Å²) in [4.78, 5) is 29.8. The predicted molar refractivity (Wildman–Crippen MR) is 137 cm³/mol. The molecule has 0 spiro atoms. The van der Waals surface area contributed by atoms with Crippen LogP contribution in [0.4, 0.5) is 0 Å². The highest BCUT2D eigenvalue weighted by molar-refractivity contribution is 5.92. The van der Waals surface area contributed by atoms with Crippen LogP contribution in [0.15, 0.2) is 34.9 Å². The molecule has 0 aliphatic carbocycles. The van der Waals surface area contributed by atoms with Gasteiger partial charge in [0.1, 0.15) is 0 Å². The van der Waals surface area contributed by atoms with Gasteiger partial charge in [-0.2, -0.15) is 0 Å². The summed E-state index contributed by atoms with van der Waals surface area (Å²) in [7, 11) is 1.61. The number of nitrogens with zero attached hydrogens (tertiary/aromatic N) is 4. The maximum absolute atomic E-state index is 12.9. The summed E-state index contributed by atoms with van der Waals surface area (Å²) in [6, 6.07) is 7.57. The Hall–Kier alpha value is -3.53. The van der Waals surface area contributed by atoms with Crippen LogP contribution in [0.3, 0.4) is 0 Å². The minimum absolute atomic E-state index is 0.0678. The average molecular weight is 497 g/mol. The molecule has 0 fully saturated rings. The van der Waals surface area contributed by atoms with Crippen molar-refractivity contribution in [2.45, 2.75) is 72.0 Å². The molecule has 3 aromatic rings. The number of hydrogen-bond donors (Lipinski definition) is 2. The van der Waals surface area contributed by atoms with Crippen LogP contribution in [0.25, 0.3) is 22.8 Å². The molecule has 1 aromatic carbocycles. The van der Waals surface area contributed by atoms with Crippen LogP contribution in [-0.2, 0) is 11.3 Å². The van der Waals surface area contributed by atoms with Gasteiger partial charge in [-0.05, 0) is 37.8 Å². The van der Waals surface area contributed by atoms with Crippen LogP contribution in [0.2, 0.25) is 0 Å². The minimum Gasteiger partial charge on any atom is -0.431 e. The third kappa shape index (κ3) is 6.37. The predicted octanol–water partition coefficient (Wildman–Crippen LogP) is 4.08. The summed E-state index contributed by atoms with van der Waals surface area (Å²) in [6.07, 6.45) is 4.77. The van der Waals surface area contributed by atoms with Gasteiger partial charge in [0.15, 0.2) is 5.82 Å². The summed E-state index contributed by atoms with van der Waals surface area (Å²) in [5.74, 6) is 0.686. The van der Waals surface area contributed by atoms with Gasteiger partial charge in [-0.1, -0.05) is 39.8 Å². The van der Waals surface area contributed by atoms with E-state index in [4.69, 9.17) is 9.15 Å². The summed E-state index contributed by atoms with van der Waals surface area (Å²) >= 11 is 0. The number of oxazole rings is 1. The Morgan fingerprint density at radius 2 is 1.61 bits per heavy atom. The quantitative estimate of drug-likeness (QED) is 0.365. The first-order valence-electron chi connectivity index (χ1n) is 12.6. The monoisotopic (exact) mass is 496 g/mol. The lowest BCUT2D eigenvalue weighted by Crippen LogP contribution is -2.35. The molecule has 0 unspecified atom stereocenters. The maximum Gasteiger partial charge on any atom is 0.289 e. The third-order valence-electron chi connectivity index (χ3n) is 6.21. The Morgan fingerprint density at radius 3 is 2.25 bits per heavy atom. The van der Waals surface area contributed by atoms with Gasteiger partial charge < -0.3 is 24.4 Å². The molecule has 0 aliphatic heterocycles. The van der Waals surface area contributed by atoms with E-state index in [1.54, 1.807) is 11.7 Å². The zero-order chi connectivity index (χ0) is 26.1. The van der Waals surface area contributed by atoms with E-state index in [0.717, 1.165) is 31.2 Å². The second kappa shape index (κ2) is 13.0.